The Morgan fingerprint density at radius 3 is 3.00 bits per heavy atom. The van der Waals surface area contributed by atoms with Crippen LogP contribution >= 0.6 is 0 Å². The Hall–Kier alpha value is -3.03. The molecule has 0 saturated carbocycles. The number of halogens is 1. The standard InChI is InChI=1S/C20H22FN5O2/c1-12-8-16(13-4-3-5-14(21)9-13)26(11-12)18(27)7-6-17-23-19-15(20(28)24-17)10-22-25(19)2/h3-5,9-10,12,16H,6-8,11H2,1-2H3,(H,23,24,28). The number of H-pyrrole nitrogens is 1. The van der Waals surface area contributed by atoms with Gasteiger partial charge < -0.3 is 9.88 Å². The van der Waals surface area contributed by atoms with Gasteiger partial charge in [0.25, 0.3) is 5.56 Å². The lowest BCUT2D eigenvalue weighted by atomic mass is 10.0. The van der Waals surface area contributed by atoms with Crippen molar-refractivity contribution >= 4 is 16.9 Å². The number of aromatic amines is 1. The number of aromatic nitrogens is 4. The van der Waals surface area contributed by atoms with Gasteiger partial charge in [0.05, 0.1) is 12.2 Å². The van der Waals surface area contributed by atoms with Crippen molar-refractivity contribution in [3.05, 3.63) is 58.0 Å². The number of aryl methyl sites for hydroxylation is 2. The number of likely N-dealkylation sites (tertiary alicyclic amines) is 1. The fourth-order valence-corrected chi connectivity index (χ4v) is 3.92. The molecule has 7 nitrogen and oxygen atoms in total. The summed E-state index contributed by atoms with van der Waals surface area (Å²) in [4.78, 5) is 34.0. The van der Waals surface area contributed by atoms with Crippen LogP contribution in [0.1, 0.15) is 37.2 Å². The predicted octanol–water partition coefficient (Wildman–Crippen LogP) is 2.34. The second kappa shape index (κ2) is 7.18. The Labute approximate surface area is 161 Å². The highest BCUT2D eigenvalue weighted by Gasteiger charge is 2.34. The van der Waals surface area contributed by atoms with Crippen LogP contribution in [0.15, 0.2) is 35.3 Å². The fraction of sp³-hybridized carbons (Fsp3) is 0.400. The summed E-state index contributed by atoms with van der Waals surface area (Å²) in [5.74, 6) is 0.493. The summed E-state index contributed by atoms with van der Waals surface area (Å²) in [7, 11) is 1.72. The van der Waals surface area contributed by atoms with Gasteiger partial charge in [0.15, 0.2) is 5.65 Å². The first-order valence-corrected chi connectivity index (χ1v) is 9.38. The van der Waals surface area contributed by atoms with Crippen molar-refractivity contribution in [2.24, 2.45) is 13.0 Å². The average molecular weight is 383 g/mol. The highest BCUT2D eigenvalue weighted by molar-refractivity contribution is 5.77. The second-order valence-electron chi connectivity index (χ2n) is 7.48. The Morgan fingerprint density at radius 2 is 2.21 bits per heavy atom. The highest BCUT2D eigenvalue weighted by atomic mass is 19.1. The van der Waals surface area contributed by atoms with Gasteiger partial charge in [-0.2, -0.15) is 5.10 Å². The average Bonchev–Trinajstić information content (AvgIpc) is 3.23. The molecule has 1 N–H and O–H groups in total. The molecule has 1 aromatic carbocycles. The van der Waals surface area contributed by atoms with Gasteiger partial charge in [-0.15, -0.1) is 0 Å². The van der Waals surface area contributed by atoms with Crippen LogP contribution in [0.2, 0.25) is 0 Å². The summed E-state index contributed by atoms with van der Waals surface area (Å²) >= 11 is 0. The molecule has 146 valence electrons. The summed E-state index contributed by atoms with van der Waals surface area (Å²) in [5, 5.41) is 4.47. The number of carbonyl (C=O) groups is 1. The highest BCUT2D eigenvalue weighted by Crippen LogP contribution is 2.35. The van der Waals surface area contributed by atoms with E-state index in [1.54, 1.807) is 13.1 Å². The van der Waals surface area contributed by atoms with Crippen molar-refractivity contribution in [1.29, 1.82) is 0 Å². The van der Waals surface area contributed by atoms with Crippen LogP contribution in [0.5, 0.6) is 0 Å². The minimum Gasteiger partial charge on any atom is -0.335 e. The van der Waals surface area contributed by atoms with E-state index >= 15 is 0 Å². The maximum atomic E-state index is 13.6. The van der Waals surface area contributed by atoms with Gasteiger partial charge in [-0.1, -0.05) is 19.1 Å². The zero-order valence-corrected chi connectivity index (χ0v) is 15.9. The number of amides is 1. The largest absolute Gasteiger partial charge is 0.335 e. The molecule has 28 heavy (non-hydrogen) atoms. The van der Waals surface area contributed by atoms with E-state index in [1.165, 1.54) is 23.0 Å². The first-order chi connectivity index (χ1) is 13.4. The number of nitrogens with zero attached hydrogens (tertiary/aromatic N) is 4. The van der Waals surface area contributed by atoms with Crippen LogP contribution in [-0.2, 0) is 18.3 Å². The zero-order valence-electron chi connectivity index (χ0n) is 15.9. The smallest absolute Gasteiger partial charge is 0.262 e. The molecule has 2 unspecified atom stereocenters. The van der Waals surface area contributed by atoms with Crippen molar-refractivity contribution in [2.75, 3.05) is 6.54 Å². The van der Waals surface area contributed by atoms with Gasteiger partial charge in [0, 0.05) is 26.4 Å². The summed E-state index contributed by atoms with van der Waals surface area (Å²) < 4.78 is 15.2. The Kier molecular flexibility index (Phi) is 4.70. The van der Waals surface area contributed by atoms with Crippen LogP contribution < -0.4 is 5.56 Å². The lowest BCUT2D eigenvalue weighted by Crippen LogP contribution is -2.31. The number of fused-ring (bicyclic) bond motifs is 1. The van der Waals surface area contributed by atoms with Gasteiger partial charge in [-0.25, -0.2) is 9.37 Å². The number of nitrogens with one attached hydrogen (secondary N) is 1. The normalized spacial score (nSPS) is 19.5. The molecule has 8 heteroatoms. The van der Waals surface area contributed by atoms with Gasteiger partial charge in [0.2, 0.25) is 5.91 Å². The summed E-state index contributed by atoms with van der Waals surface area (Å²) in [5.41, 5.74) is 1.06. The second-order valence-corrected chi connectivity index (χ2v) is 7.48. The van der Waals surface area contributed by atoms with E-state index in [1.807, 2.05) is 11.0 Å². The SMILES string of the molecule is CC1CC(c2cccc(F)c2)N(C(=O)CCc2nc3c(cnn3C)c(=O)[nH]2)C1. The van der Waals surface area contributed by atoms with Crippen molar-refractivity contribution in [1.82, 2.24) is 24.6 Å². The number of rotatable bonds is 4. The van der Waals surface area contributed by atoms with Crippen LogP contribution in [0.3, 0.4) is 0 Å². The van der Waals surface area contributed by atoms with Crippen molar-refractivity contribution in [3.8, 4) is 0 Å². The lowest BCUT2D eigenvalue weighted by molar-refractivity contribution is -0.132. The molecular weight excluding hydrogens is 361 g/mol. The first-order valence-electron chi connectivity index (χ1n) is 9.38. The van der Waals surface area contributed by atoms with Crippen LogP contribution in [0.25, 0.3) is 11.0 Å². The quantitative estimate of drug-likeness (QED) is 0.750. The minimum atomic E-state index is -0.296. The maximum absolute atomic E-state index is 13.6. The molecule has 2 atom stereocenters. The Morgan fingerprint density at radius 1 is 1.39 bits per heavy atom. The summed E-state index contributed by atoms with van der Waals surface area (Å²) in [6, 6.07) is 6.32. The monoisotopic (exact) mass is 383 g/mol. The summed E-state index contributed by atoms with van der Waals surface area (Å²) in [6.07, 6.45) is 2.84. The van der Waals surface area contributed by atoms with E-state index in [0.717, 1.165) is 12.0 Å². The molecule has 0 radical (unpaired) electrons. The molecule has 0 bridgehead atoms. The van der Waals surface area contributed by atoms with E-state index in [-0.39, 0.29) is 29.7 Å². The van der Waals surface area contributed by atoms with Crippen LogP contribution in [0, 0.1) is 11.7 Å². The molecule has 3 aromatic rings. The molecule has 1 aliphatic heterocycles. The minimum absolute atomic E-state index is 0.0219. The molecule has 3 heterocycles. The molecule has 1 fully saturated rings. The molecule has 2 aromatic heterocycles. The molecule has 1 aliphatic rings. The Bertz CT molecular complexity index is 1090. The number of hydrogen-bond acceptors (Lipinski definition) is 4. The van der Waals surface area contributed by atoms with E-state index in [0.29, 0.717) is 35.7 Å². The van der Waals surface area contributed by atoms with Gasteiger partial charge in [-0.05, 0) is 30.0 Å². The molecule has 0 spiro atoms. The third-order valence-electron chi connectivity index (χ3n) is 5.29. The van der Waals surface area contributed by atoms with Gasteiger partial charge in [0.1, 0.15) is 17.0 Å². The predicted molar refractivity (Wildman–Crippen MR) is 102 cm³/mol. The number of benzene rings is 1. The Balaban J connectivity index is 1.51. The fourth-order valence-electron chi connectivity index (χ4n) is 3.92. The molecule has 0 aliphatic carbocycles. The van der Waals surface area contributed by atoms with Gasteiger partial charge >= 0.3 is 0 Å². The lowest BCUT2D eigenvalue weighted by Gasteiger charge is -2.25. The van der Waals surface area contributed by atoms with E-state index in [4.69, 9.17) is 0 Å². The van der Waals surface area contributed by atoms with Crippen molar-refractivity contribution in [3.63, 3.8) is 0 Å². The third-order valence-corrected chi connectivity index (χ3v) is 5.29. The maximum Gasteiger partial charge on any atom is 0.262 e. The third kappa shape index (κ3) is 3.42. The van der Waals surface area contributed by atoms with Crippen LogP contribution in [-0.4, -0.2) is 37.1 Å². The topological polar surface area (TPSA) is 83.9 Å². The zero-order chi connectivity index (χ0) is 19.8. The van der Waals surface area contributed by atoms with Crippen molar-refractivity contribution < 1.29 is 9.18 Å². The van der Waals surface area contributed by atoms with Crippen LogP contribution in [0.4, 0.5) is 4.39 Å². The molecular formula is C20H22FN5O2. The number of carbonyl (C=O) groups excluding carboxylic acids is 1. The van der Waals surface area contributed by atoms with E-state index in [9.17, 15) is 14.0 Å². The van der Waals surface area contributed by atoms with E-state index < -0.39 is 0 Å². The van der Waals surface area contributed by atoms with Gasteiger partial charge in [-0.3, -0.25) is 14.3 Å². The number of hydrogen-bond donors (Lipinski definition) is 1. The summed E-state index contributed by atoms with van der Waals surface area (Å²) in [6.45, 7) is 2.74. The molecule has 4 rings (SSSR count). The van der Waals surface area contributed by atoms with Crippen molar-refractivity contribution in [2.45, 2.75) is 32.2 Å². The molecule has 1 amide bonds. The molecule has 1 saturated heterocycles. The first kappa shape index (κ1) is 18.3. The van der Waals surface area contributed by atoms with E-state index in [2.05, 4.69) is 22.0 Å².